The Bertz CT molecular complexity index is 928. The minimum absolute atomic E-state index is 0.0759. The van der Waals surface area contributed by atoms with E-state index in [0.717, 1.165) is 11.1 Å². The summed E-state index contributed by atoms with van der Waals surface area (Å²) in [5.74, 6) is -0.488. The largest absolute Gasteiger partial charge is 0.322 e. The summed E-state index contributed by atoms with van der Waals surface area (Å²) in [5.41, 5.74) is 3.18. The molecule has 0 saturated carbocycles. The van der Waals surface area contributed by atoms with Gasteiger partial charge < -0.3 is 10.6 Å². The monoisotopic (exact) mass is 382 g/mol. The Morgan fingerprint density at radius 2 is 1.78 bits per heavy atom. The summed E-state index contributed by atoms with van der Waals surface area (Å²) in [7, 11) is 0. The third-order valence-electron chi connectivity index (χ3n) is 4.29. The fourth-order valence-electron chi connectivity index (χ4n) is 2.74. The fourth-order valence-corrected chi connectivity index (χ4v) is 2.96. The summed E-state index contributed by atoms with van der Waals surface area (Å²) in [6.45, 7) is 2.64. The van der Waals surface area contributed by atoms with Crippen molar-refractivity contribution in [2.75, 3.05) is 5.32 Å². The third kappa shape index (κ3) is 5.16. The van der Waals surface area contributed by atoms with Crippen LogP contribution in [0.15, 0.2) is 72.8 Å². The topological polar surface area (TPSA) is 41.1 Å². The molecule has 3 nitrogen and oxygen atoms in total. The van der Waals surface area contributed by atoms with E-state index in [9.17, 15) is 9.18 Å². The van der Waals surface area contributed by atoms with Crippen molar-refractivity contribution < 1.29 is 9.18 Å². The number of carbonyl (C=O) groups is 1. The zero-order chi connectivity index (χ0) is 19.2. The summed E-state index contributed by atoms with van der Waals surface area (Å²) in [6.07, 6.45) is 0. The third-order valence-corrected chi connectivity index (χ3v) is 4.62. The van der Waals surface area contributed by atoms with Gasteiger partial charge in [0.1, 0.15) is 5.82 Å². The second-order valence-electron chi connectivity index (χ2n) is 6.29. The molecule has 0 aromatic heterocycles. The first-order chi connectivity index (χ1) is 13.0. The van der Waals surface area contributed by atoms with Crippen molar-refractivity contribution in [1.82, 2.24) is 5.32 Å². The molecule has 5 heteroatoms. The summed E-state index contributed by atoms with van der Waals surface area (Å²) >= 11 is 6.07. The number of hydrogen-bond acceptors (Lipinski definition) is 2. The molecule has 0 aliphatic carbocycles. The molecule has 0 fully saturated rings. The molecule has 27 heavy (non-hydrogen) atoms. The summed E-state index contributed by atoms with van der Waals surface area (Å²) in [6, 6.07) is 21.1. The molecular formula is C22H20ClFN2O. The second-order valence-corrected chi connectivity index (χ2v) is 6.70. The van der Waals surface area contributed by atoms with Gasteiger partial charge in [0.2, 0.25) is 0 Å². The SMILES string of the molecule is C[C@@H](NCc1cccc(NC(=O)c2ccccc2Cl)c1)c1ccc(F)cc1. The maximum Gasteiger partial charge on any atom is 0.257 e. The van der Waals surface area contributed by atoms with Gasteiger partial charge in [-0.3, -0.25) is 4.79 Å². The highest BCUT2D eigenvalue weighted by Gasteiger charge is 2.10. The van der Waals surface area contributed by atoms with Gasteiger partial charge in [-0.2, -0.15) is 0 Å². The Morgan fingerprint density at radius 3 is 2.52 bits per heavy atom. The number of benzene rings is 3. The highest BCUT2D eigenvalue weighted by molar-refractivity contribution is 6.34. The second kappa shape index (κ2) is 8.80. The Labute approximate surface area is 163 Å². The van der Waals surface area contributed by atoms with E-state index in [4.69, 9.17) is 11.6 Å². The van der Waals surface area contributed by atoms with E-state index in [-0.39, 0.29) is 17.8 Å². The highest BCUT2D eigenvalue weighted by atomic mass is 35.5. The maximum absolute atomic E-state index is 13.0. The number of carbonyl (C=O) groups excluding carboxylic acids is 1. The first kappa shape index (κ1) is 19.1. The lowest BCUT2D eigenvalue weighted by Gasteiger charge is -2.15. The van der Waals surface area contributed by atoms with Gasteiger partial charge in [-0.15, -0.1) is 0 Å². The van der Waals surface area contributed by atoms with Crippen molar-refractivity contribution in [1.29, 1.82) is 0 Å². The van der Waals surface area contributed by atoms with E-state index in [1.165, 1.54) is 12.1 Å². The Hall–Kier alpha value is -2.69. The molecule has 2 N–H and O–H groups in total. The van der Waals surface area contributed by atoms with Crippen LogP contribution < -0.4 is 10.6 Å². The molecule has 0 spiro atoms. The molecular weight excluding hydrogens is 363 g/mol. The lowest BCUT2D eigenvalue weighted by molar-refractivity contribution is 0.102. The van der Waals surface area contributed by atoms with E-state index >= 15 is 0 Å². The van der Waals surface area contributed by atoms with Crippen LogP contribution in [0.3, 0.4) is 0 Å². The predicted octanol–water partition coefficient (Wildman–Crippen LogP) is 5.58. The van der Waals surface area contributed by atoms with Gasteiger partial charge in [0.25, 0.3) is 5.91 Å². The van der Waals surface area contributed by atoms with Crippen LogP contribution in [0.4, 0.5) is 10.1 Å². The molecule has 138 valence electrons. The first-order valence-electron chi connectivity index (χ1n) is 8.66. The van der Waals surface area contributed by atoms with Crippen molar-refractivity contribution in [2.45, 2.75) is 19.5 Å². The molecule has 0 unspecified atom stereocenters. The molecule has 0 aliphatic heterocycles. The van der Waals surface area contributed by atoms with Crippen LogP contribution in [0.2, 0.25) is 5.02 Å². The minimum Gasteiger partial charge on any atom is -0.322 e. The molecule has 0 saturated heterocycles. The zero-order valence-electron chi connectivity index (χ0n) is 14.9. The first-order valence-corrected chi connectivity index (χ1v) is 9.04. The zero-order valence-corrected chi connectivity index (χ0v) is 15.6. The van der Waals surface area contributed by atoms with Crippen LogP contribution in [0.1, 0.15) is 34.5 Å². The van der Waals surface area contributed by atoms with Crippen LogP contribution in [0.5, 0.6) is 0 Å². The molecule has 3 rings (SSSR count). The number of hydrogen-bond donors (Lipinski definition) is 2. The summed E-state index contributed by atoms with van der Waals surface area (Å²) in [5, 5.41) is 6.69. The average molecular weight is 383 g/mol. The lowest BCUT2D eigenvalue weighted by atomic mass is 10.1. The van der Waals surface area contributed by atoms with Crippen LogP contribution in [-0.4, -0.2) is 5.91 Å². The number of amides is 1. The molecule has 1 amide bonds. The van der Waals surface area contributed by atoms with Crippen molar-refractivity contribution in [2.24, 2.45) is 0 Å². The number of halogens is 2. The molecule has 0 bridgehead atoms. The number of anilines is 1. The van der Waals surface area contributed by atoms with Crippen molar-refractivity contribution in [3.05, 3.63) is 100 Å². The van der Waals surface area contributed by atoms with Crippen molar-refractivity contribution in [3.63, 3.8) is 0 Å². The molecule has 1 atom stereocenters. The van der Waals surface area contributed by atoms with Gasteiger partial charge in [-0.25, -0.2) is 4.39 Å². The van der Waals surface area contributed by atoms with E-state index in [1.54, 1.807) is 36.4 Å². The van der Waals surface area contributed by atoms with E-state index in [0.29, 0.717) is 22.8 Å². The van der Waals surface area contributed by atoms with E-state index in [2.05, 4.69) is 10.6 Å². The summed E-state index contributed by atoms with van der Waals surface area (Å²) < 4.78 is 13.0. The van der Waals surface area contributed by atoms with Crippen LogP contribution in [-0.2, 0) is 6.54 Å². The Morgan fingerprint density at radius 1 is 1.04 bits per heavy atom. The lowest BCUT2D eigenvalue weighted by Crippen LogP contribution is -2.18. The van der Waals surface area contributed by atoms with Crippen molar-refractivity contribution in [3.8, 4) is 0 Å². The molecule has 3 aromatic carbocycles. The molecule has 0 radical (unpaired) electrons. The smallest absolute Gasteiger partial charge is 0.257 e. The highest BCUT2D eigenvalue weighted by Crippen LogP contribution is 2.19. The molecule has 0 aliphatic rings. The standard InChI is InChI=1S/C22H20ClFN2O/c1-15(17-9-11-18(24)12-10-17)25-14-16-5-4-6-19(13-16)26-22(27)20-7-2-3-8-21(20)23/h2-13,15,25H,14H2,1H3,(H,26,27)/t15-/m1/s1. The fraction of sp³-hybridized carbons (Fsp3) is 0.136. The minimum atomic E-state index is -0.245. The van der Waals surface area contributed by atoms with Crippen LogP contribution in [0.25, 0.3) is 0 Å². The van der Waals surface area contributed by atoms with Gasteiger partial charge in [0, 0.05) is 18.3 Å². The van der Waals surface area contributed by atoms with Crippen LogP contribution in [0, 0.1) is 5.82 Å². The number of rotatable bonds is 6. The van der Waals surface area contributed by atoms with Crippen LogP contribution >= 0.6 is 11.6 Å². The summed E-state index contributed by atoms with van der Waals surface area (Å²) in [4.78, 5) is 12.4. The van der Waals surface area contributed by atoms with Gasteiger partial charge in [-0.1, -0.05) is 48.0 Å². The number of nitrogens with one attached hydrogen (secondary N) is 2. The maximum atomic E-state index is 13.0. The van der Waals surface area contributed by atoms with E-state index in [1.807, 2.05) is 31.2 Å². The molecule has 0 heterocycles. The Kier molecular flexibility index (Phi) is 6.22. The Balaban J connectivity index is 1.62. The van der Waals surface area contributed by atoms with Gasteiger partial charge >= 0.3 is 0 Å². The quantitative estimate of drug-likeness (QED) is 0.584. The normalized spacial score (nSPS) is 11.8. The average Bonchev–Trinajstić information content (AvgIpc) is 2.67. The van der Waals surface area contributed by atoms with Gasteiger partial charge in [0.05, 0.1) is 10.6 Å². The van der Waals surface area contributed by atoms with E-state index < -0.39 is 0 Å². The van der Waals surface area contributed by atoms with Gasteiger partial charge in [0.15, 0.2) is 0 Å². The molecule has 3 aromatic rings. The van der Waals surface area contributed by atoms with Gasteiger partial charge in [-0.05, 0) is 54.4 Å². The predicted molar refractivity (Wildman–Crippen MR) is 108 cm³/mol. The van der Waals surface area contributed by atoms with Crippen molar-refractivity contribution >= 4 is 23.2 Å².